The molecule has 2 rings (SSSR count). The van der Waals surface area contributed by atoms with E-state index in [1.165, 1.54) is 32.1 Å². The second-order valence-electron chi connectivity index (χ2n) is 6.99. The average Bonchev–Trinajstić information content (AvgIpc) is 2.61. The van der Waals surface area contributed by atoms with Crippen molar-refractivity contribution in [2.75, 3.05) is 12.4 Å². The average molecular weight is 288 g/mol. The Kier molecular flexibility index (Phi) is 4.92. The van der Waals surface area contributed by atoms with Gasteiger partial charge in [0.05, 0.1) is 0 Å². The zero-order valence-electron chi connectivity index (χ0n) is 13.8. The third-order valence-corrected chi connectivity index (χ3v) is 4.74. The monoisotopic (exact) mass is 288 g/mol. The summed E-state index contributed by atoms with van der Waals surface area (Å²) in [7, 11) is 1.68. The molecule has 0 heterocycles. The minimum Gasteiger partial charge on any atom is -0.382 e. The number of rotatable bonds is 3. The molecule has 1 aliphatic carbocycles. The molecule has 1 atom stereocenters. The zero-order chi connectivity index (χ0) is 15.5. The highest BCUT2D eigenvalue weighted by Crippen LogP contribution is 2.35. The van der Waals surface area contributed by atoms with E-state index in [0.717, 1.165) is 16.8 Å². The van der Waals surface area contributed by atoms with Gasteiger partial charge in [0.15, 0.2) is 0 Å². The van der Waals surface area contributed by atoms with Gasteiger partial charge in [-0.05, 0) is 55.7 Å². The van der Waals surface area contributed by atoms with E-state index in [4.69, 9.17) is 0 Å². The standard InChI is InChI=1S/C18H28N2O/c1-13-15(17(21)19-4)8-5-9-16(13)20-14-7-6-11-18(2,3)12-10-14/h5,8-9,14,20H,6-7,10-12H2,1-4H3,(H,19,21). The molecule has 0 spiro atoms. The molecule has 0 saturated heterocycles. The maximum absolute atomic E-state index is 11.9. The molecule has 3 nitrogen and oxygen atoms in total. The first-order valence-electron chi connectivity index (χ1n) is 8.01. The van der Waals surface area contributed by atoms with Crippen molar-refractivity contribution in [3.05, 3.63) is 29.3 Å². The van der Waals surface area contributed by atoms with Crippen LogP contribution in [-0.2, 0) is 0 Å². The number of anilines is 1. The fourth-order valence-corrected chi connectivity index (χ4v) is 3.20. The first-order chi connectivity index (χ1) is 9.93. The summed E-state index contributed by atoms with van der Waals surface area (Å²) in [6.07, 6.45) is 6.27. The first-order valence-corrected chi connectivity index (χ1v) is 8.01. The van der Waals surface area contributed by atoms with Crippen LogP contribution in [0.1, 0.15) is 61.9 Å². The van der Waals surface area contributed by atoms with E-state index in [-0.39, 0.29) is 5.91 Å². The molecule has 21 heavy (non-hydrogen) atoms. The number of hydrogen-bond acceptors (Lipinski definition) is 2. The van der Waals surface area contributed by atoms with Gasteiger partial charge >= 0.3 is 0 Å². The van der Waals surface area contributed by atoms with E-state index in [9.17, 15) is 4.79 Å². The van der Waals surface area contributed by atoms with Crippen molar-refractivity contribution in [3.63, 3.8) is 0 Å². The van der Waals surface area contributed by atoms with Crippen LogP contribution < -0.4 is 10.6 Å². The Bertz CT molecular complexity index is 508. The van der Waals surface area contributed by atoms with Crippen molar-refractivity contribution in [2.45, 2.75) is 58.9 Å². The van der Waals surface area contributed by atoms with Gasteiger partial charge in [-0.1, -0.05) is 26.3 Å². The van der Waals surface area contributed by atoms with E-state index in [0.29, 0.717) is 11.5 Å². The molecule has 1 aromatic rings. The number of amides is 1. The van der Waals surface area contributed by atoms with Gasteiger partial charge in [-0.25, -0.2) is 0 Å². The highest BCUT2D eigenvalue weighted by molar-refractivity contribution is 5.96. The molecular formula is C18H28N2O. The number of hydrogen-bond donors (Lipinski definition) is 2. The fourth-order valence-electron chi connectivity index (χ4n) is 3.20. The van der Waals surface area contributed by atoms with Crippen LogP contribution in [0.3, 0.4) is 0 Å². The van der Waals surface area contributed by atoms with Crippen LogP contribution in [0.25, 0.3) is 0 Å². The number of carbonyl (C=O) groups is 1. The summed E-state index contributed by atoms with van der Waals surface area (Å²) in [4.78, 5) is 11.9. The highest BCUT2D eigenvalue weighted by Gasteiger charge is 2.24. The number of benzene rings is 1. The lowest BCUT2D eigenvalue weighted by Crippen LogP contribution is -2.22. The summed E-state index contributed by atoms with van der Waals surface area (Å²) in [5.74, 6) is -0.0156. The van der Waals surface area contributed by atoms with Gasteiger partial charge < -0.3 is 10.6 Å². The highest BCUT2D eigenvalue weighted by atomic mass is 16.1. The predicted octanol–water partition coefficient (Wildman–Crippen LogP) is 4.13. The van der Waals surface area contributed by atoms with Crippen LogP contribution >= 0.6 is 0 Å². The number of nitrogens with one attached hydrogen (secondary N) is 2. The molecule has 3 heteroatoms. The molecule has 1 aromatic carbocycles. The molecule has 1 fully saturated rings. The lowest BCUT2D eigenvalue weighted by atomic mass is 9.85. The van der Waals surface area contributed by atoms with Crippen molar-refractivity contribution in [3.8, 4) is 0 Å². The van der Waals surface area contributed by atoms with Crippen molar-refractivity contribution in [1.29, 1.82) is 0 Å². The Labute approximate surface area is 128 Å². The summed E-state index contributed by atoms with van der Waals surface area (Å²) >= 11 is 0. The molecule has 2 N–H and O–H groups in total. The Hall–Kier alpha value is -1.51. The first kappa shape index (κ1) is 15.9. The van der Waals surface area contributed by atoms with Crippen molar-refractivity contribution in [2.24, 2.45) is 5.41 Å². The summed E-state index contributed by atoms with van der Waals surface area (Å²) in [6.45, 7) is 6.76. The second kappa shape index (κ2) is 6.50. The Balaban J connectivity index is 2.11. The molecule has 116 valence electrons. The third-order valence-electron chi connectivity index (χ3n) is 4.74. The van der Waals surface area contributed by atoms with Crippen LogP contribution in [0.4, 0.5) is 5.69 Å². The van der Waals surface area contributed by atoms with Crippen molar-refractivity contribution >= 4 is 11.6 Å². The normalized spacial score (nSPS) is 21.4. The zero-order valence-corrected chi connectivity index (χ0v) is 13.8. The van der Waals surface area contributed by atoms with Gasteiger partial charge in [0.25, 0.3) is 5.91 Å². The summed E-state index contributed by atoms with van der Waals surface area (Å²) in [5.41, 5.74) is 3.37. The SMILES string of the molecule is CNC(=O)c1cccc(NC2CCCC(C)(C)CC2)c1C. The smallest absolute Gasteiger partial charge is 0.251 e. The maximum Gasteiger partial charge on any atom is 0.251 e. The fraction of sp³-hybridized carbons (Fsp3) is 0.611. The Morgan fingerprint density at radius 2 is 2.00 bits per heavy atom. The Morgan fingerprint density at radius 3 is 2.71 bits per heavy atom. The summed E-state index contributed by atoms with van der Waals surface area (Å²) in [5, 5.41) is 6.37. The minimum atomic E-state index is -0.0156. The minimum absolute atomic E-state index is 0.0156. The van der Waals surface area contributed by atoms with Gasteiger partial charge in [0.1, 0.15) is 0 Å². The van der Waals surface area contributed by atoms with Crippen LogP contribution in [0.2, 0.25) is 0 Å². The lowest BCUT2D eigenvalue weighted by molar-refractivity contribution is 0.0962. The van der Waals surface area contributed by atoms with Crippen molar-refractivity contribution < 1.29 is 4.79 Å². The molecule has 0 bridgehead atoms. The van der Waals surface area contributed by atoms with E-state index < -0.39 is 0 Å². The van der Waals surface area contributed by atoms with E-state index in [1.807, 2.05) is 19.1 Å². The molecule has 1 aliphatic rings. The molecule has 1 amide bonds. The molecule has 0 aromatic heterocycles. The van der Waals surface area contributed by atoms with Crippen LogP contribution in [0.15, 0.2) is 18.2 Å². The molecular weight excluding hydrogens is 260 g/mol. The lowest BCUT2D eigenvalue weighted by Gasteiger charge is -2.23. The summed E-state index contributed by atoms with van der Waals surface area (Å²) in [6, 6.07) is 6.44. The molecule has 1 saturated carbocycles. The van der Waals surface area contributed by atoms with Gasteiger partial charge in [-0.3, -0.25) is 4.79 Å². The van der Waals surface area contributed by atoms with E-state index in [1.54, 1.807) is 7.05 Å². The predicted molar refractivity (Wildman–Crippen MR) is 88.8 cm³/mol. The molecule has 0 aliphatic heterocycles. The van der Waals surface area contributed by atoms with E-state index in [2.05, 4.69) is 30.5 Å². The van der Waals surface area contributed by atoms with Crippen LogP contribution in [-0.4, -0.2) is 19.0 Å². The molecule has 0 radical (unpaired) electrons. The Morgan fingerprint density at radius 1 is 1.24 bits per heavy atom. The van der Waals surface area contributed by atoms with Gasteiger partial charge in [0.2, 0.25) is 0 Å². The van der Waals surface area contributed by atoms with Crippen molar-refractivity contribution in [1.82, 2.24) is 5.32 Å². The third kappa shape index (κ3) is 3.99. The molecule has 1 unspecified atom stereocenters. The van der Waals surface area contributed by atoms with Crippen LogP contribution in [0, 0.1) is 12.3 Å². The van der Waals surface area contributed by atoms with Gasteiger partial charge in [0, 0.05) is 24.3 Å². The second-order valence-corrected chi connectivity index (χ2v) is 6.99. The maximum atomic E-state index is 11.9. The van der Waals surface area contributed by atoms with E-state index >= 15 is 0 Å². The topological polar surface area (TPSA) is 41.1 Å². The largest absolute Gasteiger partial charge is 0.382 e. The summed E-state index contributed by atoms with van der Waals surface area (Å²) < 4.78 is 0. The quantitative estimate of drug-likeness (QED) is 0.821. The van der Waals surface area contributed by atoms with Gasteiger partial charge in [-0.15, -0.1) is 0 Å². The number of carbonyl (C=O) groups excluding carboxylic acids is 1. The van der Waals surface area contributed by atoms with Crippen LogP contribution in [0.5, 0.6) is 0 Å². The van der Waals surface area contributed by atoms with Gasteiger partial charge in [-0.2, -0.15) is 0 Å².